The van der Waals surface area contributed by atoms with Crippen molar-refractivity contribution in [2.24, 2.45) is 5.92 Å². The molecule has 1 atom stereocenters. The zero-order valence-electron chi connectivity index (χ0n) is 17.5. The number of nitrogens with zero attached hydrogens (tertiary/aromatic N) is 1. The highest BCUT2D eigenvalue weighted by Crippen LogP contribution is 2.27. The molecule has 0 saturated carbocycles. The summed E-state index contributed by atoms with van der Waals surface area (Å²) in [7, 11) is -3.66. The van der Waals surface area contributed by atoms with Crippen LogP contribution in [0.25, 0.3) is 0 Å². The molecule has 1 aliphatic rings. The average Bonchev–Trinajstić information content (AvgIpc) is 2.76. The van der Waals surface area contributed by atoms with Gasteiger partial charge in [0.25, 0.3) is 0 Å². The number of piperidine rings is 1. The van der Waals surface area contributed by atoms with Gasteiger partial charge in [0.1, 0.15) is 0 Å². The summed E-state index contributed by atoms with van der Waals surface area (Å²) in [5.41, 5.74) is 1.38. The first-order valence-electron chi connectivity index (χ1n) is 10.2. The van der Waals surface area contributed by atoms with E-state index in [1.807, 2.05) is 0 Å². The fourth-order valence-corrected chi connectivity index (χ4v) is 5.68. The molecule has 0 aliphatic carbocycles. The van der Waals surface area contributed by atoms with Crippen molar-refractivity contribution in [1.82, 2.24) is 4.31 Å². The minimum Gasteiger partial charge on any atom is -0.462 e. The zero-order chi connectivity index (χ0) is 23.3. The summed E-state index contributed by atoms with van der Waals surface area (Å²) in [6, 6.07) is 11.1. The van der Waals surface area contributed by atoms with Crippen LogP contribution in [0, 0.1) is 5.92 Å². The maximum atomic E-state index is 12.9. The Hall–Kier alpha value is -2.13. The van der Waals surface area contributed by atoms with E-state index in [-0.39, 0.29) is 24.8 Å². The van der Waals surface area contributed by atoms with Crippen LogP contribution in [0.3, 0.4) is 0 Å². The predicted octanol–water partition coefficient (Wildman–Crippen LogP) is 4.35. The van der Waals surface area contributed by atoms with Gasteiger partial charge >= 0.3 is 5.97 Å². The largest absolute Gasteiger partial charge is 0.462 e. The van der Waals surface area contributed by atoms with Crippen molar-refractivity contribution >= 4 is 50.8 Å². The van der Waals surface area contributed by atoms with Gasteiger partial charge in [-0.1, -0.05) is 29.3 Å². The fraction of sp³-hybridized carbons (Fsp3) is 0.364. The lowest BCUT2D eigenvalue weighted by molar-refractivity contribution is -0.120. The normalized spacial score (nSPS) is 17.0. The third kappa shape index (κ3) is 6.22. The molecule has 32 heavy (non-hydrogen) atoms. The van der Waals surface area contributed by atoms with E-state index in [0.29, 0.717) is 46.2 Å². The van der Waals surface area contributed by atoms with Gasteiger partial charge in [-0.25, -0.2) is 17.5 Å². The SMILES string of the molecule is CCOC(=O)c1ccc(NC(=O)[C@@H]2CCCN(S(=O)(=O)Cc3ccc(Cl)cc3Cl)C2)cc1. The third-order valence-corrected chi connectivity index (χ3v) is 7.55. The number of hydrogen-bond acceptors (Lipinski definition) is 5. The Morgan fingerprint density at radius 3 is 2.53 bits per heavy atom. The Kier molecular flexibility index (Phi) is 8.16. The van der Waals surface area contributed by atoms with Crippen LogP contribution < -0.4 is 5.32 Å². The van der Waals surface area contributed by atoms with Crippen LogP contribution in [0.2, 0.25) is 10.0 Å². The quantitative estimate of drug-likeness (QED) is 0.572. The Bertz CT molecular complexity index is 1090. The second-order valence-corrected chi connectivity index (χ2v) is 10.3. The Morgan fingerprint density at radius 2 is 1.88 bits per heavy atom. The molecule has 1 saturated heterocycles. The summed E-state index contributed by atoms with van der Waals surface area (Å²) < 4.78 is 32.1. The molecule has 2 aromatic rings. The molecule has 0 unspecified atom stereocenters. The molecule has 1 N–H and O–H groups in total. The van der Waals surface area contributed by atoms with Crippen molar-refractivity contribution < 1.29 is 22.7 Å². The van der Waals surface area contributed by atoms with Crippen LogP contribution >= 0.6 is 23.2 Å². The topological polar surface area (TPSA) is 92.8 Å². The van der Waals surface area contributed by atoms with Gasteiger partial charge in [0.15, 0.2) is 0 Å². The van der Waals surface area contributed by atoms with Gasteiger partial charge in [-0.15, -0.1) is 0 Å². The molecule has 1 fully saturated rings. The van der Waals surface area contributed by atoms with Gasteiger partial charge in [-0.2, -0.15) is 0 Å². The first-order chi connectivity index (χ1) is 15.2. The summed E-state index contributed by atoms with van der Waals surface area (Å²) in [6.45, 7) is 2.46. The predicted molar refractivity (Wildman–Crippen MR) is 124 cm³/mol. The minimum atomic E-state index is -3.66. The van der Waals surface area contributed by atoms with Crippen LogP contribution in [0.15, 0.2) is 42.5 Å². The Balaban J connectivity index is 1.63. The highest BCUT2D eigenvalue weighted by Gasteiger charge is 2.32. The van der Waals surface area contributed by atoms with E-state index >= 15 is 0 Å². The van der Waals surface area contributed by atoms with Crippen molar-refractivity contribution in [1.29, 1.82) is 0 Å². The number of nitrogens with one attached hydrogen (secondary N) is 1. The molecule has 172 valence electrons. The molecule has 1 aliphatic heterocycles. The number of hydrogen-bond donors (Lipinski definition) is 1. The van der Waals surface area contributed by atoms with Gasteiger partial charge in [0, 0.05) is 28.8 Å². The number of sulfonamides is 1. The minimum absolute atomic E-state index is 0.0975. The Morgan fingerprint density at radius 1 is 1.16 bits per heavy atom. The Labute approximate surface area is 197 Å². The van der Waals surface area contributed by atoms with Crippen LogP contribution in [0.5, 0.6) is 0 Å². The number of carbonyl (C=O) groups is 2. The average molecular weight is 499 g/mol. The molecule has 0 radical (unpaired) electrons. The molecule has 2 aromatic carbocycles. The lowest BCUT2D eigenvalue weighted by Gasteiger charge is -2.31. The van der Waals surface area contributed by atoms with Crippen molar-refractivity contribution in [3.05, 3.63) is 63.6 Å². The number of esters is 1. The lowest BCUT2D eigenvalue weighted by atomic mass is 9.98. The molecule has 1 amide bonds. The van der Waals surface area contributed by atoms with Crippen LogP contribution in [0.1, 0.15) is 35.7 Å². The molecule has 7 nitrogen and oxygen atoms in total. The van der Waals surface area contributed by atoms with E-state index in [9.17, 15) is 18.0 Å². The molecule has 3 rings (SSSR count). The van der Waals surface area contributed by atoms with Gasteiger partial charge in [0.05, 0.1) is 23.8 Å². The number of rotatable bonds is 7. The van der Waals surface area contributed by atoms with E-state index in [1.54, 1.807) is 43.3 Å². The van der Waals surface area contributed by atoms with Crippen molar-refractivity contribution in [2.45, 2.75) is 25.5 Å². The third-order valence-electron chi connectivity index (χ3n) is 5.16. The number of anilines is 1. The molecule has 1 heterocycles. The maximum absolute atomic E-state index is 12.9. The van der Waals surface area contributed by atoms with Crippen LogP contribution in [0.4, 0.5) is 5.69 Å². The van der Waals surface area contributed by atoms with E-state index < -0.39 is 21.9 Å². The second kappa shape index (κ2) is 10.7. The van der Waals surface area contributed by atoms with Crippen molar-refractivity contribution in [2.75, 3.05) is 25.0 Å². The first kappa shape index (κ1) is 24.5. The van der Waals surface area contributed by atoms with E-state index in [0.717, 1.165) is 0 Å². The van der Waals surface area contributed by atoms with Crippen molar-refractivity contribution in [3.63, 3.8) is 0 Å². The van der Waals surface area contributed by atoms with E-state index in [2.05, 4.69) is 5.32 Å². The van der Waals surface area contributed by atoms with Crippen LogP contribution in [-0.4, -0.2) is 44.3 Å². The standard InChI is InChI=1S/C22H24Cl2N2O5S/c1-2-31-22(28)15-6-9-19(10-7-15)25-21(27)16-4-3-11-26(13-16)32(29,30)14-17-5-8-18(23)12-20(17)24/h5-10,12,16H,2-4,11,13-14H2,1H3,(H,25,27)/t16-/m1/s1. The second-order valence-electron chi connectivity index (χ2n) is 7.48. The highest BCUT2D eigenvalue weighted by atomic mass is 35.5. The molecule has 0 bridgehead atoms. The number of ether oxygens (including phenoxy) is 1. The van der Waals surface area contributed by atoms with E-state index in [1.165, 1.54) is 10.4 Å². The van der Waals surface area contributed by atoms with Crippen molar-refractivity contribution in [3.8, 4) is 0 Å². The first-order valence-corrected chi connectivity index (χ1v) is 12.6. The highest BCUT2D eigenvalue weighted by molar-refractivity contribution is 7.88. The number of carbonyl (C=O) groups excluding carboxylic acids is 2. The lowest BCUT2D eigenvalue weighted by Crippen LogP contribution is -2.44. The van der Waals surface area contributed by atoms with Crippen LogP contribution in [-0.2, 0) is 25.3 Å². The molecule has 10 heteroatoms. The van der Waals surface area contributed by atoms with E-state index in [4.69, 9.17) is 27.9 Å². The monoisotopic (exact) mass is 498 g/mol. The summed E-state index contributed by atoms with van der Waals surface area (Å²) in [5.74, 6) is -1.44. The molecular formula is C22H24Cl2N2O5S. The number of benzene rings is 2. The summed E-state index contributed by atoms with van der Waals surface area (Å²) in [6.07, 6.45) is 1.16. The fourth-order valence-electron chi connectivity index (χ4n) is 3.48. The molecular weight excluding hydrogens is 475 g/mol. The van der Waals surface area contributed by atoms with Gasteiger partial charge < -0.3 is 10.1 Å². The summed E-state index contributed by atoms with van der Waals surface area (Å²) in [5, 5.41) is 3.52. The maximum Gasteiger partial charge on any atom is 0.338 e. The summed E-state index contributed by atoms with van der Waals surface area (Å²) in [4.78, 5) is 24.5. The number of halogens is 2. The zero-order valence-corrected chi connectivity index (χ0v) is 19.8. The number of amides is 1. The molecule has 0 spiro atoms. The molecule has 0 aromatic heterocycles. The van der Waals surface area contributed by atoms with Gasteiger partial charge in [0.2, 0.25) is 15.9 Å². The summed E-state index contributed by atoms with van der Waals surface area (Å²) >= 11 is 12.0. The van der Waals surface area contributed by atoms with Gasteiger partial charge in [-0.05, 0) is 61.7 Å². The van der Waals surface area contributed by atoms with Gasteiger partial charge in [-0.3, -0.25) is 4.79 Å². The smallest absolute Gasteiger partial charge is 0.338 e.